The summed E-state index contributed by atoms with van der Waals surface area (Å²) in [4.78, 5) is 0. The SMILES string of the molecule is Clc1cc(Cl)c(NSC2CCCC2)cc1Cl. The van der Waals surface area contributed by atoms with Crippen LogP contribution >= 0.6 is 46.8 Å². The van der Waals surface area contributed by atoms with Gasteiger partial charge in [0.15, 0.2) is 0 Å². The van der Waals surface area contributed by atoms with Crippen molar-refractivity contribution in [2.24, 2.45) is 0 Å². The highest BCUT2D eigenvalue weighted by molar-refractivity contribution is 8.01. The van der Waals surface area contributed by atoms with Gasteiger partial charge in [-0.1, -0.05) is 47.6 Å². The molecule has 0 atom stereocenters. The molecular formula is C11H12Cl3NS. The third-order valence-corrected chi connectivity index (χ3v) is 4.83. The average molecular weight is 297 g/mol. The lowest BCUT2D eigenvalue weighted by molar-refractivity contribution is 0.886. The smallest absolute Gasteiger partial charge is 0.0661 e. The summed E-state index contributed by atoms with van der Waals surface area (Å²) in [7, 11) is 0. The lowest BCUT2D eigenvalue weighted by atomic mass is 10.3. The predicted molar refractivity (Wildman–Crippen MR) is 74.9 cm³/mol. The monoisotopic (exact) mass is 295 g/mol. The molecule has 1 aliphatic rings. The highest BCUT2D eigenvalue weighted by Crippen LogP contribution is 2.36. The summed E-state index contributed by atoms with van der Waals surface area (Å²) in [5, 5.41) is 2.31. The topological polar surface area (TPSA) is 12.0 Å². The van der Waals surface area contributed by atoms with E-state index in [2.05, 4.69) is 4.72 Å². The molecule has 0 bridgehead atoms. The van der Waals surface area contributed by atoms with Crippen molar-refractivity contribution in [2.75, 3.05) is 4.72 Å². The third-order valence-electron chi connectivity index (χ3n) is 2.65. The molecule has 0 aromatic heterocycles. The number of nitrogens with one attached hydrogen (secondary N) is 1. The maximum Gasteiger partial charge on any atom is 0.0661 e. The van der Waals surface area contributed by atoms with Crippen LogP contribution in [-0.2, 0) is 0 Å². The van der Waals surface area contributed by atoms with Crippen LogP contribution in [0.5, 0.6) is 0 Å². The maximum absolute atomic E-state index is 6.07. The molecule has 16 heavy (non-hydrogen) atoms. The van der Waals surface area contributed by atoms with Crippen LogP contribution in [-0.4, -0.2) is 5.25 Å². The summed E-state index contributed by atoms with van der Waals surface area (Å²) >= 11 is 19.6. The van der Waals surface area contributed by atoms with Crippen LogP contribution in [0, 0.1) is 0 Å². The Morgan fingerprint density at radius 3 is 2.31 bits per heavy atom. The molecule has 2 rings (SSSR count). The van der Waals surface area contributed by atoms with Gasteiger partial charge in [-0.05, 0) is 36.9 Å². The molecule has 0 spiro atoms. The first kappa shape index (κ1) is 12.7. The van der Waals surface area contributed by atoms with Crippen LogP contribution in [0.15, 0.2) is 12.1 Å². The zero-order valence-electron chi connectivity index (χ0n) is 8.60. The second kappa shape index (κ2) is 5.72. The van der Waals surface area contributed by atoms with Gasteiger partial charge in [-0.15, -0.1) is 0 Å². The number of anilines is 1. The van der Waals surface area contributed by atoms with Crippen LogP contribution in [0.2, 0.25) is 15.1 Å². The molecule has 0 aliphatic heterocycles. The minimum absolute atomic E-state index is 0.489. The van der Waals surface area contributed by atoms with E-state index in [1.807, 2.05) is 0 Å². The van der Waals surface area contributed by atoms with Gasteiger partial charge in [-0.2, -0.15) is 0 Å². The molecule has 0 unspecified atom stereocenters. The van der Waals surface area contributed by atoms with E-state index in [4.69, 9.17) is 34.8 Å². The lowest BCUT2D eigenvalue weighted by Gasteiger charge is -2.12. The summed E-state index contributed by atoms with van der Waals surface area (Å²) in [6, 6.07) is 3.44. The Bertz CT molecular complexity index is 378. The molecule has 1 aliphatic carbocycles. The number of halogens is 3. The summed E-state index contributed by atoms with van der Waals surface area (Å²) in [5.41, 5.74) is 0.841. The summed E-state index contributed by atoms with van der Waals surface area (Å²) in [5.74, 6) is 0. The normalized spacial score (nSPS) is 16.7. The van der Waals surface area contributed by atoms with Crippen molar-refractivity contribution < 1.29 is 0 Å². The summed E-state index contributed by atoms with van der Waals surface area (Å²) in [6.07, 6.45) is 5.20. The molecule has 0 saturated heterocycles. The molecule has 1 aromatic carbocycles. The van der Waals surface area contributed by atoms with Gasteiger partial charge in [0.05, 0.1) is 20.8 Å². The van der Waals surface area contributed by atoms with Crippen molar-refractivity contribution in [3.63, 3.8) is 0 Å². The van der Waals surface area contributed by atoms with Crippen LogP contribution in [0.25, 0.3) is 0 Å². The Morgan fingerprint density at radius 2 is 1.62 bits per heavy atom. The van der Waals surface area contributed by atoms with Crippen molar-refractivity contribution in [3.8, 4) is 0 Å². The molecule has 1 saturated carbocycles. The Kier molecular flexibility index (Phi) is 4.54. The molecule has 1 fully saturated rings. The lowest BCUT2D eigenvalue weighted by Crippen LogP contribution is -1.99. The predicted octanol–water partition coefficient (Wildman–Crippen LogP) is 5.65. The van der Waals surface area contributed by atoms with E-state index in [1.54, 1.807) is 24.1 Å². The fourth-order valence-electron chi connectivity index (χ4n) is 1.75. The molecule has 1 nitrogen and oxygen atoms in total. The van der Waals surface area contributed by atoms with Crippen LogP contribution < -0.4 is 4.72 Å². The average Bonchev–Trinajstić information content (AvgIpc) is 2.74. The maximum atomic E-state index is 6.07. The minimum atomic E-state index is 0.489. The van der Waals surface area contributed by atoms with Crippen molar-refractivity contribution >= 4 is 52.4 Å². The first-order valence-corrected chi connectivity index (χ1v) is 7.24. The first-order valence-electron chi connectivity index (χ1n) is 5.23. The largest absolute Gasteiger partial charge is 0.328 e. The van der Waals surface area contributed by atoms with E-state index in [0.717, 1.165) is 5.69 Å². The molecule has 1 N–H and O–H groups in total. The quantitative estimate of drug-likeness (QED) is 0.571. The van der Waals surface area contributed by atoms with E-state index in [0.29, 0.717) is 20.3 Å². The Hall–Kier alpha value is 0.240. The van der Waals surface area contributed by atoms with Crippen molar-refractivity contribution in [3.05, 3.63) is 27.2 Å². The molecule has 1 aromatic rings. The van der Waals surface area contributed by atoms with Gasteiger partial charge in [-0.3, -0.25) is 0 Å². The number of rotatable bonds is 3. The Morgan fingerprint density at radius 1 is 1.00 bits per heavy atom. The first-order chi connectivity index (χ1) is 7.66. The van der Waals surface area contributed by atoms with Gasteiger partial charge in [0, 0.05) is 5.25 Å². The van der Waals surface area contributed by atoms with E-state index >= 15 is 0 Å². The van der Waals surface area contributed by atoms with Crippen LogP contribution in [0.3, 0.4) is 0 Å². The number of hydrogen-bond acceptors (Lipinski definition) is 2. The third kappa shape index (κ3) is 3.13. The zero-order valence-corrected chi connectivity index (χ0v) is 11.7. The standard InChI is InChI=1S/C11H12Cl3NS/c12-8-5-10(14)11(6-9(8)13)15-16-7-3-1-2-4-7/h5-7,15H,1-4H2. The minimum Gasteiger partial charge on any atom is -0.328 e. The van der Waals surface area contributed by atoms with Crippen molar-refractivity contribution in [1.82, 2.24) is 0 Å². The van der Waals surface area contributed by atoms with Gasteiger partial charge in [0.1, 0.15) is 0 Å². The molecule has 5 heteroatoms. The van der Waals surface area contributed by atoms with Crippen molar-refractivity contribution in [1.29, 1.82) is 0 Å². The highest BCUT2D eigenvalue weighted by Gasteiger charge is 2.16. The van der Waals surface area contributed by atoms with Gasteiger partial charge in [-0.25, -0.2) is 0 Å². The molecule has 88 valence electrons. The van der Waals surface area contributed by atoms with Crippen LogP contribution in [0.1, 0.15) is 25.7 Å². The van der Waals surface area contributed by atoms with E-state index < -0.39 is 0 Å². The molecule has 0 amide bonds. The molecule has 0 heterocycles. The highest BCUT2D eigenvalue weighted by atomic mass is 35.5. The van der Waals surface area contributed by atoms with Crippen molar-refractivity contribution in [2.45, 2.75) is 30.9 Å². The molecule has 0 radical (unpaired) electrons. The van der Waals surface area contributed by atoms with E-state index in [9.17, 15) is 0 Å². The second-order valence-electron chi connectivity index (χ2n) is 3.87. The Balaban J connectivity index is 2.00. The fraction of sp³-hybridized carbons (Fsp3) is 0.455. The summed E-state index contributed by atoms with van der Waals surface area (Å²) in [6.45, 7) is 0. The van der Waals surface area contributed by atoms with Gasteiger partial charge < -0.3 is 4.72 Å². The number of hydrogen-bond donors (Lipinski definition) is 1. The Labute approximate surface area is 115 Å². The number of benzene rings is 1. The summed E-state index contributed by atoms with van der Waals surface area (Å²) < 4.78 is 3.26. The van der Waals surface area contributed by atoms with Crippen LogP contribution in [0.4, 0.5) is 5.69 Å². The van der Waals surface area contributed by atoms with Gasteiger partial charge >= 0.3 is 0 Å². The second-order valence-corrected chi connectivity index (χ2v) is 6.20. The van der Waals surface area contributed by atoms with E-state index in [-0.39, 0.29) is 0 Å². The molecular weight excluding hydrogens is 285 g/mol. The fourth-order valence-corrected chi connectivity index (χ4v) is 3.44. The van der Waals surface area contributed by atoms with Gasteiger partial charge in [0.25, 0.3) is 0 Å². The zero-order chi connectivity index (χ0) is 11.5. The van der Waals surface area contributed by atoms with E-state index in [1.165, 1.54) is 25.7 Å². The van der Waals surface area contributed by atoms with Gasteiger partial charge in [0.2, 0.25) is 0 Å².